The van der Waals surface area contributed by atoms with Crippen molar-refractivity contribution in [3.05, 3.63) is 23.4 Å². The summed E-state index contributed by atoms with van der Waals surface area (Å²) in [6, 6.07) is 4.12. The van der Waals surface area contributed by atoms with Crippen LogP contribution in [0.25, 0.3) is 0 Å². The number of nitrogens with one attached hydrogen (secondary N) is 1. The fourth-order valence-electron chi connectivity index (χ4n) is 2.02. The number of ether oxygens (including phenoxy) is 1. The van der Waals surface area contributed by atoms with E-state index in [-0.39, 0.29) is 5.97 Å². The van der Waals surface area contributed by atoms with Crippen molar-refractivity contribution in [1.82, 2.24) is 4.98 Å². The molecule has 0 spiro atoms. The van der Waals surface area contributed by atoms with E-state index in [9.17, 15) is 4.79 Å². The quantitative estimate of drug-likeness (QED) is 0.852. The Morgan fingerprint density at radius 3 is 2.78 bits per heavy atom. The van der Waals surface area contributed by atoms with E-state index >= 15 is 0 Å². The first-order chi connectivity index (χ1) is 8.70. The smallest absolute Gasteiger partial charge is 0.339 e. The molecule has 0 aromatic carbocycles. The van der Waals surface area contributed by atoms with Crippen molar-refractivity contribution in [3.63, 3.8) is 0 Å². The standard InChI is InChI=1S/C13H18N2O2S/c1-9-11(13(16)17-2)3-4-12(14-9)15-10-5-7-18-8-6-10/h3-4,10H,5-8H2,1-2H3,(H,14,15). The van der Waals surface area contributed by atoms with Gasteiger partial charge in [-0.1, -0.05) is 0 Å². The topological polar surface area (TPSA) is 51.2 Å². The van der Waals surface area contributed by atoms with Gasteiger partial charge in [0.2, 0.25) is 0 Å². The number of thioether (sulfide) groups is 1. The number of aromatic nitrogens is 1. The monoisotopic (exact) mass is 266 g/mol. The van der Waals surface area contributed by atoms with Gasteiger partial charge in [0.05, 0.1) is 18.4 Å². The molecule has 2 rings (SSSR count). The van der Waals surface area contributed by atoms with Gasteiger partial charge in [0.25, 0.3) is 0 Å². The van der Waals surface area contributed by atoms with E-state index < -0.39 is 0 Å². The Bertz CT molecular complexity index is 431. The Hall–Kier alpha value is -1.23. The molecule has 0 atom stereocenters. The number of carbonyl (C=O) groups is 1. The lowest BCUT2D eigenvalue weighted by Gasteiger charge is -2.23. The molecule has 0 amide bonds. The summed E-state index contributed by atoms with van der Waals surface area (Å²) in [7, 11) is 1.38. The molecule has 4 nitrogen and oxygen atoms in total. The number of pyridine rings is 1. The summed E-state index contributed by atoms with van der Waals surface area (Å²) in [6.45, 7) is 1.83. The second kappa shape index (κ2) is 6.09. The zero-order valence-electron chi connectivity index (χ0n) is 10.7. The highest BCUT2D eigenvalue weighted by atomic mass is 32.2. The fourth-order valence-corrected chi connectivity index (χ4v) is 3.12. The van der Waals surface area contributed by atoms with Crippen LogP contribution in [0.4, 0.5) is 5.82 Å². The third-order valence-electron chi connectivity index (χ3n) is 3.06. The van der Waals surface area contributed by atoms with E-state index in [2.05, 4.69) is 10.3 Å². The first-order valence-corrected chi connectivity index (χ1v) is 7.26. The van der Waals surface area contributed by atoms with Gasteiger partial charge in [-0.05, 0) is 43.4 Å². The molecule has 0 saturated carbocycles. The molecule has 1 aliphatic rings. The van der Waals surface area contributed by atoms with Crippen LogP contribution >= 0.6 is 11.8 Å². The summed E-state index contributed by atoms with van der Waals surface area (Å²) in [4.78, 5) is 15.9. The zero-order chi connectivity index (χ0) is 13.0. The molecule has 1 aromatic heterocycles. The molecule has 0 bridgehead atoms. The molecule has 98 valence electrons. The van der Waals surface area contributed by atoms with Crippen molar-refractivity contribution < 1.29 is 9.53 Å². The third kappa shape index (κ3) is 3.16. The number of rotatable bonds is 3. The van der Waals surface area contributed by atoms with Crippen LogP contribution in [0, 0.1) is 6.92 Å². The summed E-state index contributed by atoms with van der Waals surface area (Å²) in [5.74, 6) is 2.92. The fraction of sp³-hybridized carbons (Fsp3) is 0.538. The number of carbonyl (C=O) groups excluding carboxylic acids is 1. The van der Waals surface area contributed by atoms with Crippen LogP contribution in [0.1, 0.15) is 28.9 Å². The number of methoxy groups -OCH3 is 1. The highest BCUT2D eigenvalue weighted by Crippen LogP contribution is 2.21. The molecule has 0 radical (unpaired) electrons. The van der Waals surface area contributed by atoms with E-state index in [0.717, 1.165) is 5.82 Å². The molecule has 5 heteroatoms. The maximum atomic E-state index is 11.5. The molecular formula is C13H18N2O2S. The lowest BCUT2D eigenvalue weighted by atomic mass is 10.1. The van der Waals surface area contributed by atoms with Crippen LogP contribution in [-0.4, -0.2) is 35.6 Å². The summed E-state index contributed by atoms with van der Waals surface area (Å²) < 4.78 is 4.70. The average Bonchev–Trinajstić information content (AvgIpc) is 2.39. The maximum Gasteiger partial charge on any atom is 0.339 e. The molecule has 2 heterocycles. The van der Waals surface area contributed by atoms with Gasteiger partial charge in [0, 0.05) is 6.04 Å². The molecular weight excluding hydrogens is 248 g/mol. The largest absolute Gasteiger partial charge is 0.465 e. The lowest BCUT2D eigenvalue weighted by molar-refractivity contribution is 0.0599. The van der Waals surface area contributed by atoms with Gasteiger partial charge >= 0.3 is 5.97 Å². The van der Waals surface area contributed by atoms with Gasteiger partial charge in [-0.3, -0.25) is 0 Å². The van der Waals surface area contributed by atoms with Crippen LogP contribution in [0.15, 0.2) is 12.1 Å². The second-order valence-electron chi connectivity index (χ2n) is 4.35. The molecule has 0 unspecified atom stereocenters. The van der Waals surface area contributed by atoms with E-state index in [1.165, 1.54) is 31.5 Å². The van der Waals surface area contributed by atoms with Gasteiger partial charge in [-0.15, -0.1) is 0 Å². The number of nitrogens with zero attached hydrogens (tertiary/aromatic N) is 1. The number of aryl methyl sites for hydroxylation is 1. The maximum absolute atomic E-state index is 11.5. The van der Waals surface area contributed by atoms with Crippen molar-refractivity contribution in [1.29, 1.82) is 0 Å². The van der Waals surface area contributed by atoms with Crippen LogP contribution in [0.2, 0.25) is 0 Å². The zero-order valence-corrected chi connectivity index (χ0v) is 11.5. The van der Waals surface area contributed by atoms with Crippen LogP contribution in [0.3, 0.4) is 0 Å². The van der Waals surface area contributed by atoms with E-state index in [1.54, 1.807) is 6.07 Å². The molecule has 1 saturated heterocycles. The predicted molar refractivity (Wildman–Crippen MR) is 74.3 cm³/mol. The van der Waals surface area contributed by atoms with E-state index in [4.69, 9.17) is 4.74 Å². The van der Waals surface area contributed by atoms with Gasteiger partial charge < -0.3 is 10.1 Å². The first kappa shape index (κ1) is 13.2. The van der Waals surface area contributed by atoms with Crippen LogP contribution < -0.4 is 5.32 Å². The lowest BCUT2D eigenvalue weighted by Crippen LogP contribution is -2.25. The normalized spacial score (nSPS) is 16.3. The minimum absolute atomic E-state index is 0.333. The molecule has 1 fully saturated rings. The molecule has 18 heavy (non-hydrogen) atoms. The Balaban J connectivity index is 2.06. The van der Waals surface area contributed by atoms with Gasteiger partial charge in [0.1, 0.15) is 5.82 Å². The third-order valence-corrected chi connectivity index (χ3v) is 4.11. The van der Waals surface area contributed by atoms with Gasteiger partial charge in [-0.2, -0.15) is 11.8 Å². The van der Waals surface area contributed by atoms with Crippen molar-refractivity contribution in [2.24, 2.45) is 0 Å². The first-order valence-electron chi connectivity index (χ1n) is 6.11. The number of hydrogen-bond acceptors (Lipinski definition) is 5. The highest BCUT2D eigenvalue weighted by molar-refractivity contribution is 7.99. The Labute approximate surface area is 112 Å². The van der Waals surface area contributed by atoms with E-state index in [0.29, 0.717) is 17.3 Å². The average molecular weight is 266 g/mol. The van der Waals surface area contributed by atoms with Crippen LogP contribution in [-0.2, 0) is 4.74 Å². The minimum atomic E-state index is -0.333. The molecule has 0 aliphatic carbocycles. The predicted octanol–water partition coefficient (Wildman–Crippen LogP) is 2.48. The van der Waals surface area contributed by atoms with Gasteiger partial charge in [0.15, 0.2) is 0 Å². The van der Waals surface area contributed by atoms with Crippen molar-refractivity contribution >= 4 is 23.5 Å². The minimum Gasteiger partial charge on any atom is -0.465 e. The Morgan fingerprint density at radius 2 is 2.17 bits per heavy atom. The van der Waals surface area contributed by atoms with Crippen molar-refractivity contribution in [2.75, 3.05) is 23.9 Å². The number of esters is 1. The Kier molecular flexibility index (Phi) is 4.47. The SMILES string of the molecule is COC(=O)c1ccc(NC2CCSCC2)nc1C. The second-order valence-corrected chi connectivity index (χ2v) is 5.58. The molecule has 1 aromatic rings. The molecule has 1 N–H and O–H groups in total. The summed E-state index contributed by atoms with van der Waals surface area (Å²) in [5, 5.41) is 3.43. The molecule has 1 aliphatic heterocycles. The van der Waals surface area contributed by atoms with E-state index in [1.807, 2.05) is 24.8 Å². The summed E-state index contributed by atoms with van der Waals surface area (Å²) in [6.07, 6.45) is 2.34. The van der Waals surface area contributed by atoms with Gasteiger partial charge in [-0.25, -0.2) is 9.78 Å². The van der Waals surface area contributed by atoms with Crippen molar-refractivity contribution in [3.8, 4) is 0 Å². The van der Waals surface area contributed by atoms with Crippen LogP contribution in [0.5, 0.6) is 0 Å². The number of anilines is 1. The van der Waals surface area contributed by atoms with Crippen molar-refractivity contribution in [2.45, 2.75) is 25.8 Å². The summed E-state index contributed by atoms with van der Waals surface area (Å²) >= 11 is 2.00. The summed E-state index contributed by atoms with van der Waals surface area (Å²) in [5.41, 5.74) is 1.24. The highest BCUT2D eigenvalue weighted by Gasteiger charge is 2.15. The number of hydrogen-bond donors (Lipinski definition) is 1. The Morgan fingerprint density at radius 1 is 1.44 bits per heavy atom.